The van der Waals surface area contributed by atoms with Crippen LogP contribution in [0.3, 0.4) is 0 Å². The van der Waals surface area contributed by atoms with Crippen LogP contribution in [-0.2, 0) is 9.53 Å². The van der Waals surface area contributed by atoms with E-state index in [2.05, 4.69) is 0 Å². The summed E-state index contributed by atoms with van der Waals surface area (Å²) < 4.78 is 41.4. The molecule has 0 radical (unpaired) electrons. The maximum Gasteiger partial charge on any atom is 0.389 e. The quantitative estimate of drug-likeness (QED) is 0.801. The lowest BCUT2D eigenvalue weighted by molar-refractivity contribution is -0.170. The minimum Gasteiger partial charge on any atom is -0.481 e. The molecule has 1 aliphatic heterocycles. The molecule has 3 nitrogen and oxygen atoms in total. The Hall–Kier alpha value is -0.780. The number of ether oxygens (including phenoxy) is 1. The van der Waals surface area contributed by atoms with Gasteiger partial charge in [0.05, 0.1) is 12.3 Å². The molecule has 1 aliphatic rings. The first-order valence-corrected chi connectivity index (χ1v) is 4.77. The van der Waals surface area contributed by atoms with E-state index < -0.39 is 30.4 Å². The predicted molar refractivity (Wildman–Crippen MR) is 45.3 cm³/mol. The highest BCUT2D eigenvalue weighted by atomic mass is 19.4. The van der Waals surface area contributed by atoms with Crippen molar-refractivity contribution >= 4 is 5.97 Å². The molecule has 1 fully saturated rings. The molecular formula is C9H13F3O3. The minimum absolute atomic E-state index is 0.353. The van der Waals surface area contributed by atoms with Gasteiger partial charge in [-0.3, -0.25) is 4.79 Å². The van der Waals surface area contributed by atoms with Crippen LogP contribution in [0.25, 0.3) is 0 Å². The normalized spacial score (nSPS) is 21.3. The second kappa shape index (κ2) is 4.83. The summed E-state index contributed by atoms with van der Waals surface area (Å²) in [5, 5.41) is 8.75. The average Bonchev–Trinajstić information content (AvgIpc) is 2.14. The Morgan fingerprint density at radius 2 is 1.93 bits per heavy atom. The van der Waals surface area contributed by atoms with Crippen LogP contribution < -0.4 is 0 Å². The highest BCUT2D eigenvalue weighted by Gasteiger charge is 2.39. The largest absolute Gasteiger partial charge is 0.481 e. The summed E-state index contributed by atoms with van der Waals surface area (Å²) in [5.41, 5.74) is 0. The fraction of sp³-hybridized carbons (Fsp3) is 0.889. The molecule has 1 atom stereocenters. The van der Waals surface area contributed by atoms with E-state index in [0.717, 1.165) is 0 Å². The van der Waals surface area contributed by atoms with E-state index in [0.29, 0.717) is 26.1 Å². The molecule has 1 saturated heterocycles. The third kappa shape index (κ3) is 4.07. The molecule has 6 heteroatoms. The predicted octanol–water partition coefficient (Wildman–Crippen LogP) is 2.07. The number of carbonyl (C=O) groups is 1. The first kappa shape index (κ1) is 12.3. The van der Waals surface area contributed by atoms with Crippen molar-refractivity contribution in [3.05, 3.63) is 0 Å². The molecule has 0 spiro atoms. The van der Waals surface area contributed by atoms with Gasteiger partial charge in [-0.2, -0.15) is 13.2 Å². The Morgan fingerprint density at radius 3 is 2.33 bits per heavy atom. The van der Waals surface area contributed by atoms with Gasteiger partial charge in [0.25, 0.3) is 0 Å². The first-order chi connectivity index (χ1) is 6.90. The van der Waals surface area contributed by atoms with Gasteiger partial charge in [0.2, 0.25) is 0 Å². The maximum absolute atomic E-state index is 12.1. The molecular weight excluding hydrogens is 213 g/mol. The fourth-order valence-electron chi connectivity index (χ4n) is 1.82. The lowest BCUT2D eigenvalue weighted by Gasteiger charge is -2.28. The van der Waals surface area contributed by atoms with Crippen LogP contribution in [0.5, 0.6) is 0 Å². The monoisotopic (exact) mass is 226 g/mol. The number of hydrogen-bond acceptors (Lipinski definition) is 2. The summed E-state index contributed by atoms with van der Waals surface area (Å²) in [6.07, 6.45) is -4.87. The molecule has 15 heavy (non-hydrogen) atoms. The maximum atomic E-state index is 12.1. The first-order valence-electron chi connectivity index (χ1n) is 4.77. The van der Waals surface area contributed by atoms with Crippen molar-refractivity contribution in [1.82, 2.24) is 0 Å². The number of alkyl halides is 3. The van der Waals surface area contributed by atoms with E-state index in [1.807, 2.05) is 0 Å². The summed E-state index contributed by atoms with van der Waals surface area (Å²) in [6.45, 7) is 0.707. The third-order valence-corrected chi connectivity index (χ3v) is 2.60. The van der Waals surface area contributed by atoms with Crippen molar-refractivity contribution in [1.29, 1.82) is 0 Å². The van der Waals surface area contributed by atoms with E-state index in [4.69, 9.17) is 9.84 Å². The van der Waals surface area contributed by atoms with Crippen LogP contribution in [0.4, 0.5) is 13.2 Å². The second-order valence-electron chi connectivity index (χ2n) is 3.71. The topological polar surface area (TPSA) is 46.5 Å². The van der Waals surface area contributed by atoms with Crippen molar-refractivity contribution in [2.24, 2.45) is 11.8 Å². The van der Waals surface area contributed by atoms with Crippen molar-refractivity contribution in [2.45, 2.75) is 25.4 Å². The van der Waals surface area contributed by atoms with Crippen molar-refractivity contribution in [2.75, 3.05) is 13.2 Å². The Morgan fingerprint density at radius 1 is 1.40 bits per heavy atom. The van der Waals surface area contributed by atoms with Crippen LogP contribution in [0.1, 0.15) is 19.3 Å². The van der Waals surface area contributed by atoms with Crippen molar-refractivity contribution in [3.8, 4) is 0 Å². The molecule has 0 aromatic rings. The van der Waals surface area contributed by atoms with Gasteiger partial charge in [-0.05, 0) is 18.8 Å². The standard InChI is InChI=1S/C9H13F3O3/c10-9(11,12)5-7(8(13)14)6-1-3-15-4-2-6/h6-7H,1-5H2,(H,13,14)/t7-/m0/s1. The third-order valence-electron chi connectivity index (χ3n) is 2.60. The molecule has 88 valence electrons. The Kier molecular flexibility index (Phi) is 3.96. The molecule has 1 N–H and O–H groups in total. The van der Waals surface area contributed by atoms with Gasteiger partial charge in [-0.15, -0.1) is 0 Å². The van der Waals surface area contributed by atoms with E-state index in [9.17, 15) is 18.0 Å². The van der Waals surface area contributed by atoms with Gasteiger partial charge in [-0.25, -0.2) is 0 Å². The molecule has 0 aliphatic carbocycles. The number of halogens is 3. The Labute approximate surface area is 85.2 Å². The highest BCUT2D eigenvalue weighted by Crippen LogP contribution is 2.33. The summed E-state index contributed by atoms with van der Waals surface area (Å²) in [7, 11) is 0. The second-order valence-corrected chi connectivity index (χ2v) is 3.71. The van der Waals surface area contributed by atoms with Crippen LogP contribution in [0, 0.1) is 11.8 Å². The van der Waals surface area contributed by atoms with Gasteiger partial charge in [0.1, 0.15) is 0 Å². The van der Waals surface area contributed by atoms with Gasteiger partial charge >= 0.3 is 12.1 Å². The zero-order valence-electron chi connectivity index (χ0n) is 8.09. The van der Waals surface area contributed by atoms with Crippen LogP contribution in [0.15, 0.2) is 0 Å². The molecule has 0 saturated carbocycles. The van der Waals surface area contributed by atoms with Gasteiger partial charge in [-0.1, -0.05) is 0 Å². The lowest BCUT2D eigenvalue weighted by Crippen LogP contribution is -2.32. The number of aliphatic carboxylic acids is 1. The number of rotatable bonds is 3. The van der Waals surface area contributed by atoms with Gasteiger partial charge in [0, 0.05) is 13.2 Å². The molecule has 0 bridgehead atoms. The summed E-state index contributed by atoms with van der Waals surface area (Å²) in [6, 6.07) is 0. The Balaban J connectivity index is 2.60. The minimum atomic E-state index is -4.42. The van der Waals surface area contributed by atoms with Crippen molar-refractivity contribution < 1.29 is 27.8 Å². The lowest BCUT2D eigenvalue weighted by atomic mass is 9.84. The number of carboxylic acids is 1. The summed E-state index contributed by atoms with van der Waals surface area (Å²) in [5.74, 6) is -3.11. The van der Waals surface area contributed by atoms with E-state index >= 15 is 0 Å². The smallest absolute Gasteiger partial charge is 0.389 e. The summed E-state index contributed by atoms with van der Waals surface area (Å²) in [4.78, 5) is 10.7. The van der Waals surface area contributed by atoms with Crippen LogP contribution in [-0.4, -0.2) is 30.5 Å². The average molecular weight is 226 g/mol. The highest BCUT2D eigenvalue weighted by molar-refractivity contribution is 5.70. The molecule has 0 unspecified atom stereocenters. The molecule has 1 rings (SSSR count). The van der Waals surface area contributed by atoms with E-state index in [-0.39, 0.29) is 0 Å². The molecule has 0 aromatic heterocycles. The van der Waals surface area contributed by atoms with Crippen LogP contribution in [0.2, 0.25) is 0 Å². The molecule has 0 amide bonds. The van der Waals surface area contributed by atoms with Crippen LogP contribution >= 0.6 is 0 Å². The zero-order chi connectivity index (χ0) is 11.5. The van der Waals surface area contributed by atoms with Gasteiger partial charge in [0.15, 0.2) is 0 Å². The molecule has 0 aromatic carbocycles. The Bertz CT molecular complexity index is 221. The summed E-state index contributed by atoms with van der Waals surface area (Å²) >= 11 is 0. The SMILES string of the molecule is O=C(O)[C@@H](CC(F)(F)F)C1CCOCC1. The number of carboxylic acid groups (broad SMARTS) is 1. The fourth-order valence-corrected chi connectivity index (χ4v) is 1.82. The van der Waals surface area contributed by atoms with E-state index in [1.54, 1.807) is 0 Å². The molecule has 1 heterocycles. The zero-order valence-corrected chi connectivity index (χ0v) is 8.09. The van der Waals surface area contributed by atoms with Crippen molar-refractivity contribution in [3.63, 3.8) is 0 Å². The van der Waals surface area contributed by atoms with E-state index in [1.165, 1.54) is 0 Å². The van der Waals surface area contributed by atoms with Gasteiger partial charge < -0.3 is 9.84 Å². The number of hydrogen-bond donors (Lipinski definition) is 1.